The molecule has 23 heavy (non-hydrogen) atoms. The number of nitrogens with zero attached hydrogens (tertiary/aromatic N) is 4. The lowest BCUT2D eigenvalue weighted by Crippen LogP contribution is -2.45. The molecule has 0 saturated carbocycles. The number of carbonyl (C=O) groups is 1. The molecule has 7 nitrogen and oxygen atoms in total. The van der Waals surface area contributed by atoms with Crippen molar-refractivity contribution in [2.75, 3.05) is 11.5 Å². The Hall–Kier alpha value is -2.57. The lowest BCUT2D eigenvalue weighted by Gasteiger charge is -2.33. The van der Waals surface area contributed by atoms with Gasteiger partial charge in [0.15, 0.2) is 0 Å². The molecule has 2 aromatic heterocycles. The Balaban J connectivity index is 2.15. The van der Waals surface area contributed by atoms with Gasteiger partial charge in [0, 0.05) is 11.7 Å². The molecule has 0 saturated heterocycles. The molecule has 0 aromatic carbocycles. The van der Waals surface area contributed by atoms with Crippen LogP contribution < -0.4 is 9.64 Å². The minimum Gasteiger partial charge on any atom is -0.475 e. The minimum atomic E-state index is -1.02. The topological polar surface area (TPSA) is 80.5 Å². The Bertz CT molecular complexity index is 748. The van der Waals surface area contributed by atoms with Crippen molar-refractivity contribution in [2.24, 2.45) is 0 Å². The highest BCUT2D eigenvalue weighted by atomic mass is 16.5. The van der Waals surface area contributed by atoms with Gasteiger partial charge in [-0.25, -0.2) is 9.78 Å². The first-order chi connectivity index (χ1) is 10.8. The maximum atomic E-state index is 11.7. The number of rotatable bonds is 1. The van der Waals surface area contributed by atoms with Gasteiger partial charge in [-0.1, -0.05) is 0 Å². The summed E-state index contributed by atoms with van der Waals surface area (Å²) in [5, 5.41) is 13.9. The van der Waals surface area contributed by atoms with E-state index in [1.165, 1.54) is 11.1 Å². The molecule has 1 aliphatic rings. The Morgan fingerprint density at radius 1 is 1.48 bits per heavy atom. The maximum absolute atomic E-state index is 11.7. The SMILES string of the molecule is C[C@@H]1COc2ncc(N(C(=O)O)C(C)(C)C)cc2-c2ccnn21. The van der Waals surface area contributed by atoms with Crippen LogP contribution in [-0.4, -0.2) is 38.1 Å². The highest BCUT2D eigenvalue weighted by Crippen LogP contribution is 2.36. The average molecular weight is 316 g/mol. The molecule has 0 aliphatic carbocycles. The third kappa shape index (κ3) is 2.62. The maximum Gasteiger partial charge on any atom is 0.412 e. The summed E-state index contributed by atoms with van der Waals surface area (Å²) >= 11 is 0. The van der Waals surface area contributed by atoms with Crippen LogP contribution in [-0.2, 0) is 0 Å². The summed E-state index contributed by atoms with van der Waals surface area (Å²) in [6.07, 6.45) is 2.25. The van der Waals surface area contributed by atoms with Crippen LogP contribution in [0.4, 0.5) is 10.5 Å². The van der Waals surface area contributed by atoms with Crippen LogP contribution in [0.25, 0.3) is 11.3 Å². The molecule has 122 valence electrons. The van der Waals surface area contributed by atoms with Crippen molar-refractivity contribution in [3.8, 4) is 17.1 Å². The third-order valence-corrected chi connectivity index (χ3v) is 3.78. The fraction of sp³-hybridized carbons (Fsp3) is 0.438. The van der Waals surface area contributed by atoms with Gasteiger partial charge in [0.1, 0.15) is 6.61 Å². The van der Waals surface area contributed by atoms with E-state index in [0.717, 1.165) is 11.3 Å². The monoisotopic (exact) mass is 316 g/mol. The standard InChI is InChI=1S/C16H20N4O3/c1-10-9-23-14-12(13-5-6-18-20(10)13)7-11(8-17-14)19(15(21)22)16(2,3)4/h5-8,10H,9H2,1-4H3,(H,21,22)/t10-/m1/s1. The molecule has 0 unspecified atom stereocenters. The van der Waals surface area contributed by atoms with Crippen LogP contribution in [0.3, 0.4) is 0 Å². The van der Waals surface area contributed by atoms with Gasteiger partial charge in [-0.3, -0.25) is 9.58 Å². The molecule has 2 aromatic rings. The highest BCUT2D eigenvalue weighted by Gasteiger charge is 2.30. The number of aromatic nitrogens is 3. The van der Waals surface area contributed by atoms with Crippen LogP contribution in [0.15, 0.2) is 24.5 Å². The first kappa shape index (κ1) is 15.3. The number of ether oxygens (including phenoxy) is 1. The van der Waals surface area contributed by atoms with E-state index >= 15 is 0 Å². The molecule has 7 heteroatoms. The second-order valence-corrected chi connectivity index (χ2v) is 6.66. The second-order valence-electron chi connectivity index (χ2n) is 6.66. The molecule has 1 N–H and O–H groups in total. The quantitative estimate of drug-likeness (QED) is 0.874. The summed E-state index contributed by atoms with van der Waals surface area (Å²) < 4.78 is 7.62. The summed E-state index contributed by atoms with van der Waals surface area (Å²) in [4.78, 5) is 17.3. The third-order valence-electron chi connectivity index (χ3n) is 3.78. The zero-order valence-corrected chi connectivity index (χ0v) is 13.6. The predicted octanol–water partition coefficient (Wildman–Crippen LogP) is 3.18. The summed E-state index contributed by atoms with van der Waals surface area (Å²) in [7, 11) is 0. The van der Waals surface area contributed by atoms with E-state index in [0.29, 0.717) is 18.2 Å². The molecular weight excluding hydrogens is 296 g/mol. The van der Waals surface area contributed by atoms with Crippen molar-refractivity contribution < 1.29 is 14.6 Å². The van der Waals surface area contributed by atoms with Gasteiger partial charge in [-0.2, -0.15) is 5.10 Å². The molecule has 1 aliphatic heterocycles. The van der Waals surface area contributed by atoms with E-state index in [1.807, 2.05) is 38.4 Å². The molecule has 1 amide bonds. The smallest absolute Gasteiger partial charge is 0.412 e. The molecule has 3 rings (SSSR count). The molecule has 1 atom stereocenters. The fourth-order valence-electron chi connectivity index (χ4n) is 2.80. The zero-order chi connectivity index (χ0) is 16.8. The summed E-state index contributed by atoms with van der Waals surface area (Å²) in [5.41, 5.74) is 1.55. The van der Waals surface area contributed by atoms with Crippen molar-refractivity contribution in [3.05, 3.63) is 24.5 Å². The van der Waals surface area contributed by atoms with Crippen LogP contribution in [0.1, 0.15) is 33.7 Å². The zero-order valence-electron chi connectivity index (χ0n) is 13.6. The van der Waals surface area contributed by atoms with Gasteiger partial charge in [-0.15, -0.1) is 0 Å². The molecule has 0 fully saturated rings. The molecule has 0 radical (unpaired) electrons. The van der Waals surface area contributed by atoms with Crippen LogP contribution in [0.2, 0.25) is 0 Å². The van der Waals surface area contributed by atoms with Crippen LogP contribution in [0.5, 0.6) is 5.88 Å². The number of hydrogen-bond acceptors (Lipinski definition) is 4. The van der Waals surface area contributed by atoms with E-state index in [-0.39, 0.29) is 6.04 Å². The Labute approximate surface area is 134 Å². The van der Waals surface area contributed by atoms with E-state index in [4.69, 9.17) is 4.74 Å². The van der Waals surface area contributed by atoms with Gasteiger partial charge in [-0.05, 0) is 39.8 Å². The number of carboxylic acid groups (broad SMARTS) is 1. The van der Waals surface area contributed by atoms with Gasteiger partial charge < -0.3 is 9.84 Å². The van der Waals surface area contributed by atoms with E-state index in [9.17, 15) is 9.90 Å². The number of anilines is 1. The summed E-state index contributed by atoms with van der Waals surface area (Å²) in [5.74, 6) is 0.499. The van der Waals surface area contributed by atoms with Crippen LogP contribution in [0, 0.1) is 0 Å². The average Bonchev–Trinajstić information content (AvgIpc) is 2.88. The number of fused-ring (bicyclic) bond motifs is 3. The fourth-order valence-corrected chi connectivity index (χ4v) is 2.80. The predicted molar refractivity (Wildman–Crippen MR) is 85.9 cm³/mol. The van der Waals surface area contributed by atoms with Crippen molar-refractivity contribution in [2.45, 2.75) is 39.3 Å². The number of pyridine rings is 1. The highest BCUT2D eigenvalue weighted by molar-refractivity contribution is 5.88. The second kappa shape index (κ2) is 5.26. The van der Waals surface area contributed by atoms with E-state index in [1.54, 1.807) is 12.3 Å². The van der Waals surface area contributed by atoms with Gasteiger partial charge >= 0.3 is 6.09 Å². The summed E-state index contributed by atoms with van der Waals surface area (Å²) in [6.45, 7) is 8.01. The number of hydrogen-bond donors (Lipinski definition) is 1. The first-order valence-corrected chi connectivity index (χ1v) is 7.49. The molecule has 0 spiro atoms. The van der Waals surface area contributed by atoms with Crippen molar-refractivity contribution >= 4 is 11.8 Å². The summed E-state index contributed by atoms with van der Waals surface area (Å²) in [6, 6.07) is 3.76. The Morgan fingerprint density at radius 2 is 2.22 bits per heavy atom. The van der Waals surface area contributed by atoms with Gasteiger partial charge in [0.25, 0.3) is 0 Å². The lowest BCUT2D eigenvalue weighted by atomic mass is 10.1. The van der Waals surface area contributed by atoms with E-state index in [2.05, 4.69) is 10.1 Å². The Morgan fingerprint density at radius 3 is 2.87 bits per heavy atom. The normalized spacial score (nSPS) is 16.8. The first-order valence-electron chi connectivity index (χ1n) is 7.49. The molecular formula is C16H20N4O3. The molecule has 0 bridgehead atoms. The minimum absolute atomic E-state index is 0.0795. The van der Waals surface area contributed by atoms with Gasteiger partial charge in [0.2, 0.25) is 5.88 Å². The molecule has 3 heterocycles. The number of amides is 1. The lowest BCUT2D eigenvalue weighted by molar-refractivity contribution is 0.195. The van der Waals surface area contributed by atoms with Crippen molar-refractivity contribution in [3.63, 3.8) is 0 Å². The van der Waals surface area contributed by atoms with Crippen molar-refractivity contribution in [1.82, 2.24) is 14.8 Å². The van der Waals surface area contributed by atoms with Gasteiger partial charge in [0.05, 0.1) is 29.2 Å². The van der Waals surface area contributed by atoms with Crippen molar-refractivity contribution in [1.29, 1.82) is 0 Å². The van der Waals surface area contributed by atoms with E-state index < -0.39 is 11.6 Å². The van der Waals surface area contributed by atoms with Crippen LogP contribution >= 0.6 is 0 Å². The largest absolute Gasteiger partial charge is 0.475 e. The Kier molecular flexibility index (Phi) is 3.50.